The minimum absolute atomic E-state index is 0. The van der Waals surface area contributed by atoms with Gasteiger partial charge in [-0.15, -0.1) is 24.8 Å². The van der Waals surface area contributed by atoms with Gasteiger partial charge in [0.1, 0.15) is 11.6 Å². The van der Waals surface area contributed by atoms with E-state index >= 15 is 0 Å². The highest BCUT2D eigenvalue weighted by molar-refractivity contribution is 5.94. The average molecular weight is 425 g/mol. The molecule has 150 valence electrons. The number of hydrogen-bond donors (Lipinski definition) is 2. The summed E-state index contributed by atoms with van der Waals surface area (Å²) in [5, 5.41) is 6.23. The minimum Gasteiger partial charge on any atom is -0.327 e. The van der Waals surface area contributed by atoms with Gasteiger partial charge in [-0.25, -0.2) is 9.37 Å². The molecule has 0 radical (unpaired) electrons. The molecule has 8 heteroatoms. The van der Waals surface area contributed by atoms with Crippen molar-refractivity contribution in [3.63, 3.8) is 0 Å². The molecule has 2 heterocycles. The molecule has 3 aromatic rings. The van der Waals surface area contributed by atoms with Crippen LogP contribution in [0, 0.1) is 18.7 Å². The lowest BCUT2D eigenvalue weighted by molar-refractivity contribution is -0.119. The van der Waals surface area contributed by atoms with Crippen molar-refractivity contribution in [3.05, 3.63) is 47.8 Å². The van der Waals surface area contributed by atoms with E-state index in [0.29, 0.717) is 5.52 Å². The summed E-state index contributed by atoms with van der Waals surface area (Å²) in [5.41, 5.74) is 4.23. The second kappa shape index (κ2) is 8.90. The molecule has 5 nitrogen and oxygen atoms in total. The van der Waals surface area contributed by atoms with Crippen molar-refractivity contribution in [1.82, 2.24) is 14.9 Å². The number of nitrogens with zero attached hydrogens (tertiary/aromatic N) is 2. The van der Waals surface area contributed by atoms with Gasteiger partial charge in [-0.3, -0.25) is 4.79 Å². The topological polar surface area (TPSA) is 59.0 Å². The van der Waals surface area contributed by atoms with Gasteiger partial charge in [0.2, 0.25) is 5.91 Å². The Balaban J connectivity index is 0.00000140. The largest absolute Gasteiger partial charge is 0.327 e. The van der Waals surface area contributed by atoms with Crippen LogP contribution in [0.25, 0.3) is 22.4 Å². The molecular weight excluding hydrogens is 402 g/mol. The molecule has 1 atom stereocenters. The van der Waals surface area contributed by atoms with Crippen LogP contribution in [-0.2, 0) is 11.8 Å². The van der Waals surface area contributed by atoms with Gasteiger partial charge in [-0.2, -0.15) is 0 Å². The summed E-state index contributed by atoms with van der Waals surface area (Å²) in [6.07, 6.45) is 0.874. The van der Waals surface area contributed by atoms with Crippen LogP contribution in [0.1, 0.15) is 12.0 Å². The third kappa shape index (κ3) is 4.14. The van der Waals surface area contributed by atoms with E-state index in [1.165, 1.54) is 12.1 Å². The van der Waals surface area contributed by atoms with Crippen molar-refractivity contribution in [1.29, 1.82) is 0 Å². The molecule has 1 aromatic heterocycles. The number of fused-ring (bicyclic) bond motifs is 1. The molecule has 4 rings (SSSR count). The highest BCUT2D eigenvalue weighted by atomic mass is 35.5. The molecule has 0 saturated carbocycles. The highest BCUT2D eigenvalue weighted by Gasteiger charge is 2.22. The SMILES string of the molecule is Cc1cc(-c2nc3cc(F)ccc3n2C)ccc1NC(=O)C1CCNC1.Cl.Cl. The van der Waals surface area contributed by atoms with Crippen molar-refractivity contribution in [3.8, 4) is 11.4 Å². The van der Waals surface area contributed by atoms with Crippen molar-refractivity contribution in [2.45, 2.75) is 13.3 Å². The molecule has 1 unspecified atom stereocenters. The predicted octanol–water partition coefficient (Wildman–Crippen LogP) is 4.08. The lowest BCUT2D eigenvalue weighted by Gasteiger charge is -2.13. The van der Waals surface area contributed by atoms with Crippen LogP contribution in [0.3, 0.4) is 0 Å². The van der Waals surface area contributed by atoms with Crippen LogP contribution in [0.4, 0.5) is 10.1 Å². The van der Waals surface area contributed by atoms with Crippen LogP contribution in [-0.4, -0.2) is 28.5 Å². The summed E-state index contributed by atoms with van der Waals surface area (Å²) in [6.45, 7) is 3.59. The number of carbonyl (C=O) groups excluding carboxylic acids is 1. The Hall–Kier alpha value is -2.15. The van der Waals surface area contributed by atoms with E-state index in [2.05, 4.69) is 15.6 Å². The van der Waals surface area contributed by atoms with E-state index in [9.17, 15) is 9.18 Å². The number of aromatic nitrogens is 2. The molecule has 1 fully saturated rings. The number of rotatable bonds is 3. The summed E-state index contributed by atoms with van der Waals surface area (Å²) >= 11 is 0. The zero-order valence-electron chi connectivity index (χ0n) is 15.7. The fraction of sp³-hybridized carbons (Fsp3) is 0.300. The Morgan fingerprint density at radius 2 is 2.04 bits per heavy atom. The molecule has 1 amide bonds. The first-order valence-corrected chi connectivity index (χ1v) is 8.77. The molecule has 1 aliphatic rings. The zero-order valence-corrected chi connectivity index (χ0v) is 17.3. The number of nitrogens with one attached hydrogen (secondary N) is 2. The van der Waals surface area contributed by atoms with Gasteiger partial charge in [0.25, 0.3) is 0 Å². The Kier molecular flexibility index (Phi) is 7.04. The maximum absolute atomic E-state index is 13.5. The highest BCUT2D eigenvalue weighted by Crippen LogP contribution is 2.28. The van der Waals surface area contributed by atoms with E-state index in [0.717, 1.165) is 47.7 Å². The number of hydrogen-bond acceptors (Lipinski definition) is 3. The summed E-state index contributed by atoms with van der Waals surface area (Å²) in [5.74, 6) is 0.567. The maximum Gasteiger partial charge on any atom is 0.228 e. The number of amides is 1. The van der Waals surface area contributed by atoms with Crippen LogP contribution in [0.5, 0.6) is 0 Å². The molecule has 0 bridgehead atoms. The number of aryl methyl sites for hydroxylation is 2. The Bertz CT molecular complexity index is 999. The van der Waals surface area contributed by atoms with Gasteiger partial charge in [-0.1, -0.05) is 0 Å². The van der Waals surface area contributed by atoms with E-state index in [-0.39, 0.29) is 42.5 Å². The van der Waals surface area contributed by atoms with E-state index in [4.69, 9.17) is 0 Å². The van der Waals surface area contributed by atoms with Gasteiger partial charge < -0.3 is 15.2 Å². The van der Waals surface area contributed by atoms with Crippen molar-refractivity contribution >= 4 is 47.4 Å². The second-order valence-corrected chi connectivity index (χ2v) is 6.84. The fourth-order valence-electron chi connectivity index (χ4n) is 3.49. The smallest absolute Gasteiger partial charge is 0.228 e. The lowest BCUT2D eigenvalue weighted by atomic mass is 10.1. The quantitative estimate of drug-likeness (QED) is 0.665. The molecule has 0 aliphatic carbocycles. The Morgan fingerprint density at radius 3 is 2.71 bits per heavy atom. The number of benzene rings is 2. The number of imidazole rings is 1. The zero-order chi connectivity index (χ0) is 18.3. The van der Waals surface area contributed by atoms with Crippen LogP contribution < -0.4 is 10.6 Å². The summed E-state index contributed by atoms with van der Waals surface area (Å²) in [7, 11) is 1.92. The fourth-order valence-corrected chi connectivity index (χ4v) is 3.49. The van der Waals surface area contributed by atoms with Crippen molar-refractivity contribution < 1.29 is 9.18 Å². The van der Waals surface area contributed by atoms with Gasteiger partial charge in [0.15, 0.2) is 0 Å². The van der Waals surface area contributed by atoms with E-state index in [1.807, 2.05) is 36.7 Å². The standard InChI is InChI=1S/C20H21FN4O.2ClH/c1-12-9-13(3-5-16(12)24-20(26)14-7-8-22-11-14)19-23-17-10-15(21)4-6-18(17)25(19)2;;/h3-6,9-10,14,22H,7-8,11H2,1-2H3,(H,24,26);2*1H. The average Bonchev–Trinajstić information content (AvgIpc) is 3.25. The normalized spacial score (nSPS) is 15.8. The number of halogens is 3. The van der Waals surface area contributed by atoms with E-state index in [1.54, 1.807) is 6.07 Å². The first-order valence-electron chi connectivity index (χ1n) is 8.77. The maximum atomic E-state index is 13.5. The summed E-state index contributed by atoms with van der Waals surface area (Å²) < 4.78 is 15.4. The van der Waals surface area contributed by atoms with Crippen LogP contribution in [0.2, 0.25) is 0 Å². The van der Waals surface area contributed by atoms with Gasteiger partial charge in [0, 0.05) is 30.9 Å². The molecule has 1 saturated heterocycles. The first-order chi connectivity index (χ1) is 12.5. The van der Waals surface area contributed by atoms with Crippen LogP contribution >= 0.6 is 24.8 Å². The molecule has 1 aliphatic heterocycles. The van der Waals surface area contributed by atoms with E-state index < -0.39 is 0 Å². The molecule has 2 N–H and O–H groups in total. The van der Waals surface area contributed by atoms with Crippen molar-refractivity contribution in [2.75, 3.05) is 18.4 Å². The molecule has 0 spiro atoms. The van der Waals surface area contributed by atoms with Gasteiger partial charge in [-0.05, 0) is 55.8 Å². The number of carbonyl (C=O) groups is 1. The lowest BCUT2D eigenvalue weighted by Crippen LogP contribution is -2.24. The molecule has 2 aromatic carbocycles. The summed E-state index contributed by atoms with van der Waals surface area (Å²) in [6, 6.07) is 10.5. The number of anilines is 1. The Labute approximate surface area is 175 Å². The van der Waals surface area contributed by atoms with Crippen molar-refractivity contribution in [2.24, 2.45) is 13.0 Å². The first kappa shape index (κ1) is 22.1. The van der Waals surface area contributed by atoms with Crippen LogP contribution in [0.15, 0.2) is 36.4 Å². The summed E-state index contributed by atoms with van der Waals surface area (Å²) in [4.78, 5) is 16.9. The molecular formula is C20H23Cl2FN4O. The third-order valence-electron chi connectivity index (χ3n) is 5.02. The molecule has 28 heavy (non-hydrogen) atoms. The minimum atomic E-state index is -0.294. The third-order valence-corrected chi connectivity index (χ3v) is 5.02. The Morgan fingerprint density at radius 1 is 1.25 bits per heavy atom. The second-order valence-electron chi connectivity index (χ2n) is 6.84. The van der Waals surface area contributed by atoms with Gasteiger partial charge in [0.05, 0.1) is 17.0 Å². The monoisotopic (exact) mass is 424 g/mol. The van der Waals surface area contributed by atoms with Gasteiger partial charge >= 0.3 is 0 Å². The predicted molar refractivity (Wildman–Crippen MR) is 115 cm³/mol.